The standard InChI is InChI=1S/C18H16N4O3/c23-16-5-1-4-14-13(16)11-22(20-14)15-6-7-17(24)21(18(15)25)10-12-3-2-8-19-9-12/h1-5,8-9,11,15,23H,6-7,10H2. The molecule has 126 valence electrons. The number of carbonyl (C=O) groups excluding carboxylic acids is 2. The lowest BCUT2D eigenvalue weighted by Crippen LogP contribution is -2.45. The second-order valence-corrected chi connectivity index (χ2v) is 6.05. The third kappa shape index (κ3) is 2.73. The molecule has 1 aliphatic rings. The Morgan fingerprint density at radius 1 is 1.20 bits per heavy atom. The smallest absolute Gasteiger partial charge is 0.254 e. The highest BCUT2D eigenvalue weighted by molar-refractivity contribution is 5.99. The number of fused-ring (bicyclic) bond motifs is 1. The van der Waals surface area contributed by atoms with Crippen LogP contribution in [0.4, 0.5) is 0 Å². The molecule has 1 atom stereocenters. The molecule has 0 spiro atoms. The van der Waals surface area contributed by atoms with Gasteiger partial charge in [-0.2, -0.15) is 5.10 Å². The Labute approximate surface area is 143 Å². The van der Waals surface area contributed by atoms with Crippen molar-refractivity contribution in [1.82, 2.24) is 19.7 Å². The minimum Gasteiger partial charge on any atom is -0.507 e. The average Bonchev–Trinajstić information content (AvgIpc) is 3.05. The van der Waals surface area contributed by atoms with Crippen LogP contribution in [0.2, 0.25) is 0 Å². The number of piperidine rings is 1. The van der Waals surface area contributed by atoms with Crippen molar-refractivity contribution < 1.29 is 14.7 Å². The first-order valence-corrected chi connectivity index (χ1v) is 8.03. The number of aromatic hydroxyl groups is 1. The number of hydrogen-bond acceptors (Lipinski definition) is 5. The van der Waals surface area contributed by atoms with Crippen LogP contribution in [0.1, 0.15) is 24.4 Å². The van der Waals surface area contributed by atoms with Gasteiger partial charge in [0.25, 0.3) is 5.91 Å². The molecule has 1 aromatic carbocycles. The maximum Gasteiger partial charge on any atom is 0.254 e. The second kappa shape index (κ2) is 6.01. The van der Waals surface area contributed by atoms with Crippen molar-refractivity contribution >= 4 is 22.7 Å². The molecule has 3 heterocycles. The van der Waals surface area contributed by atoms with E-state index in [9.17, 15) is 14.7 Å². The predicted octanol–water partition coefficient (Wildman–Crippen LogP) is 2.03. The maximum absolute atomic E-state index is 12.9. The van der Waals surface area contributed by atoms with E-state index in [1.807, 2.05) is 6.07 Å². The molecular weight excluding hydrogens is 320 g/mol. The van der Waals surface area contributed by atoms with Crippen molar-refractivity contribution in [2.45, 2.75) is 25.4 Å². The molecule has 0 aliphatic carbocycles. The van der Waals surface area contributed by atoms with Crippen LogP contribution in [-0.2, 0) is 16.1 Å². The lowest BCUT2D eigenvalue weighted by molar-refractivity contribution is -0.152. The number of nitrogens with zero attached hydrogens (tertiary/aromatic N) is 4. The quantitative estimate of drug-likeness (QED) is 0.739. The van der Waals surface area contributed by atoms with Crippen molar-refractivity contribution in [1.29, 1.82) is 0 Å². The van der Waals surface area contributed by atoms with E-state index in [2.05, 4.69) is 10.1 Å². The summed E-state index contributed by atoms with van der Waals surface area (Å²) < 4.78 is 1.55. The number of benzene rings is 1. The molecular formula is C18H16N4O3. The van der Waals surface area contributed by atoms with E-state index >= 15 is 0 Å². The summed E-state index contributed by atoms with van der Waals surface area (Å²) in [5.74, 6) is -0.354. The summed E-state index contributed by atoms with van der Waals surface area (Å²) in [5, 5.41) is 14.9. The van der Waals surface area contributed by atoms with E-state index in [1.165, 1.54) is 4.90 Å². The fourth-order valence-corrected chi connectivity index (χ4v) is 3.11. The Bertz CT molecular complexity index is 951. The predicted molar refractivity (Wildman–Crippen MR) is 89.5 cm³/mol. The Morgan fingerprint density at radius 3 is 2.84 bits per heavy atom. The molecule has 25 heavy (non-hydrogen) atoms. The molecule has 3 aromatic rings. The first kappa shape index (κ1) is 15.3. The molecule has 1 unspecified atom stereocenters. The van der Waals surface area contributed by atoms with E-state index in [0.29, 0.717) is 17.3 Å². The average molecular weight is 336 g/mol. The normalized spacial score (nSPS) is 18.1. The van der Waals surface area contributed by atoms with Gasteiger partial charge in [0.1, 0.15) is 11.8 Å². The number of phenolic OH excluding ortho intramolecular Hbond substituents is 1. The van der Waals surface area contributed by atoms with Gasteiger partial charge in [0, 0.05) is 25.0 Å². The van der Waals surface area contributed by atoms with Crippen LogP contribution < -0.4 is 0 Å². The van der Waals surface area contributed by atoms with E-state index in [0.717, 1.165) is 5.56 Å². The summed E-state index contributed by atoms with van der Waals surface area (Å²) >= 11 is 0. The molecule has 1 aliphatic heterocycles. The van der Waals surface area contributed by atoms with Crippen molar-refractivity contribution in [2.24, 2.45) is 0 Å². The first-order valence-electron chi connectivity index (χ1n) is 8.03. The number of imide groups is 1. The zero-order chi connectivity index (χ0) is 17.4. The van der Waals surface area contributed by atoms with E-state index in [-0.39, 0.29) is 30.5 Å². The monoisotopic (exact) mass is 336 g/mol. The van der Waals surface area contributed by atoms with Gasteiger partial charge in [-0.1, -0.05) is 12.1 Å². The fraction of sp³-hybridized carbons (Fsp3) is 0.222. The Hall–Kier alpha value is -3.22. The van der Waals surface area contributed by atoms with Crippen LogP contribution in [0.15, 0.2) is 48.9 Å². The second-order valence-electron chi connectivity index (χ2n) is 6.05. The molecule has 1 N–H and O–H groups in total. The minimum atomic E-state index is -0.554. The summed E-state index contributed by atoms with van der Waals surface area (Å²) in [6.45, 7) is 0.202. The van der Waals surface area contributed by atoms with E-state index < -0.39 is 6.04 Å². The topological polar surface area (TPSA) is 88.3 Å². The van der Waals surface area contributed by atoms with Gasteiger partial charge in [0.2, 0.25) is 5.91 Å². The minimum absolute atomic E-state index is 0.121. The number of carbonyl (C=O) groups is 2. The molecule has 4 rings (SSSR count). The van der Waals surface area contributed by atoms with Gasteiger partial charge < -0.3 is 5.11 Å². The third-order valence-electron chi connectivity index (χ3n) is 4.41. The zero-order valence-electron chi connectivity index (χ0n) is 13.4. The van der Waals surface area contributed by atoms with Crippen LogP contribution in [0.25, 0.3) is 10.9 Å². The molecule has 0 saturated carbocycles. The van der Waals surface area contributed by atoms with Crippen molar-refractivity contribution in [3.05, 3.63) is 54.5 Å². The summed E-state index contributed by atoms with van der Waals surface area (Å²) in [5.41, 5.74) is 1.41. The number of pyridine rings is 1. The number of amides is 2. The lowest BCUT2D eigenvalue weighted by atomic mass is 10.0. The Kier molecular flexibility index (Phi) is 3.68. The molecule has 1 saturated heterocycles. The number of hydrogen-bond donors (Lipinski definition) is 1. The Morgan fingerprint density at radius 2 is 2.08 bits per heavy atom. The van der Waals surface area contributed by atoms with Gasteiger partial charge in [-0.25, -0.2) is 0 Å². The Balaban J connectivity index is 1.64. The van der Waals surface area contributed by atoms with Gasteiger partial charge >= 0.3 is 0 Å². The molecule has 0 bridgehead atoms. The van der Waals surface area contributed by atoms with Crippen molar-refractivity contribution in [3.8, 4) is 5.75 Å². The summed E-state index contributed by atoms with van der Waals surface area (Å²) in [4.78, 5) is 30.4. The van der Waals surface area contributed by atoms with Gasteiger partial charge in [0.15, 0.2) is 0 Å². The van der Waals surface area contributed by atoms with E-state index in [1.54, 1.807) is 47.5 Å². The van der Waals surface area contributed by atoms with Gasteiger partial charge in [0.05, 0.1) is 17.4 Å². The lowest BCUT2D eigenvalue weighted by Gasteiger charge is -2.30. The van der Waals surface area contributed by atoms with Crippen LogP contribution in [-0.4, -0.2) is 36.6 Å². The highest BCUT2D eigenvalue weighted by atomic mass is 16.3. The summed E-state index contributed by atoms with van der Waals surface area (Å²) in [6.07, 6.45) is 5.62. The van der Waals surface area contributed by atoms with Crippen molar-refractivity contribution in [3.63, 3.8) is 0 Å². The number of likely N-dealkylation sites (tertiary alicyclic amines) is 1. The largest absolute Gasteiger partial charge is 0.507 e. The molecule has 7 heteroatoms. The van der Waals surface area contributed by atoms with Crippen LogP contribution in [0, 0.1) is 0 Å². The molecule has 2 aromatic heterocycles. The van der Waals surface area contributed by atoms with Gasteiger partial charge in [-0.15, -0.1) is 0 Å². The van der Waals surface area contributed by atoms with Crippen LogP contribution >= 0.6 is 0 Å². The molecule has 0 radical (unpaired) electrons. The number of rotatable bonds is 3. The number of phenols is 1. The summed E-state index contributed by atoms with van der Waals surface area (Å²) in [7, 11) is 0. The van der Waals surface area contributed by atoms with Crippen LogP contribution in [0.3, 0.4) is 0 Å². The fourth-order valence-electron chi connectivity index (χ4n) is 3.11. The van der Waals surface area contributed by atoms with Crippen molar-refractivity contribution in [2.75, 3.05) is 0 Å². The zero-order valence-corrected chi connectivity index (χ0v) is 13.4. The first-order chi connectivity index (χ1) is 12.1. The molecule has 1 fully saturated rings. The third-order valence-corrected chi connectivity index (χ3v) is 4.41. The SMILES string of the molecule is O=C1CCC(n2cc3c(O)cccc3n2)C(=O)N1Cc1cccnc1. The maximum atomic E-state index is 12.9. The molecule has 2 amide bonds. The van der Waals surface area contributed by atoms with Crippen LogP contribution in [0.5, 0.6) is 5.75 Å². The number of aromatic nitrogens is 3. The highest BCUT2D eigenvalue weighted by Gasteiger charge is 2.36. The van der Waals surface area contributed by atoms with Gasteiger partial charge in [-0.05, 0) is 30.2 Å². The van der Waals surface area contributed by atoms with E-state index in [4.69, 9.17) is 0 Å². The van der Waals surface area contributed by atoms with Gasteiger partial charge in [-0.3, -0.25) is 24.2 Å². The highest BCUT2D eigenvalue weighted by Crippen LogP contribution is 2.29. The molecule has 7 nitrogen and oxygen atoms in total. The summed E-state index contributed by atoms with van der Waals surface area (Å²) in [6, 6.07) is 8.11.